The summed E-state index contributed by atoms with van der Waals surface area (Å²) in [5.74, 6) is -2.68. The van der Waals surface area contributed by atoms with Crippen LogP contribution in [-0.4, -0.2) is 50.7 Å². The zero-order valence-corrected chi connectivity index (χ0v) is 18.3. The summed E-state index contributed by atoms with van der Waals surface area (Å²) in [5, 5.41) is 5.09. The lowest BCUT2D eigenvalue weighted by atomic mass is 10.0. The molecule has 13 heteroatoms. The topological polar surface area (TPSA) is 123 Å². The van der Waals surface area contributed by atoms with Crippen LogP contribution in [0.5, 0.6) is 11.5 Å². The van der Waals surface area contributed by atoms with Crippen LogP contribution in [0.2, 0.25) is 0 Å². The molecule has 3 heterocycles. The molecule has 0 saturated carbocycles. The monoisotopic (exact) mass is 502 g/mol. The van der Waals surface area contributed by atoms with E-state index in [1.807, 2.05) is 0 Å². The number of benzene rings is 2. The van der Waals surface area contributed by atoms with Crippen molar-refractivity contribution in [3.05, 3.63) is 65.5 Å². The van der Waals surface area contributed by atoms with Crippen LogP contribution in [0, 0.1) is 0 Å². The number of aromatic amines is 1. The first-order valence-corrected chi connectivity index (χ1v) is 10.7. The second-order valence-electron chi connectivity index (χ2n) is 8.09. The number of carbonyl (C=O) groups excluding carboxylic acids is 4. The first-order chi connectivity index (χ1) is 17.1. The highest BCUT2D eigenvalue weighted by Gasteiger charge is 2.46. The molecule has 3 aromatic rings. The van der Waals surface area contributed by atoms with Crippen LogP contribution in [0.25, 0.3) is 5.69 Å². The van der Waals surface area contributed by atoms with Gasteiger partial charge >= 0.3 is 6.36 Å². The van der Waals surface area contributed by atoms with E-state index in [-0.39, 0.29) is 42.1 Å². The average Bonchev–Trinajstić information content (AvgIpc) is 3.04. The summed E-state index contributed by atoms with van der Waals surface area (Å²) in [6.45, 7) is 0.00209. The lowest BCUT2D eigenvalue weighted by Gasteiger charge is -2.27. The second-order valence-corrected chi connectivity index (χ2v) is 8.09. The highest BCUT2D eigenvalue weighted by atomic mass is 19.4. The number of ether oxygens (including phenoxy) is 2. The molecule has 2 aliphatic heterocycles. The van der Waals surface area contributed by atoms with E-state index < -0.39 is 36.0 Å². The number of fused-ring (bicyclic) bond motifs is 1. The molecule has 1 atom stereocenters. The van der Waals surface area contributed by atoms with Crippen LogP contribution in [0.3, 0.4) is 0 Å². The molecule has 1 fully saturated rings. The fourth-order valence-corrected chi connectivity index (χ4v) is 4.08. The molecule has 1 unspecified atom stereocenters. The van der Waals surface area contributed by atoms with E-state index in [1.165, 1.54) is 36.4 Å². The standard InChI is InChI=1S/C23H17F3N4O6/c24-23(25,26)36-14-6-4-13(5-7-14)29-10-12(28-29)11-35-17-3-1-2-15-19(17)22(34)30(21(15)33)16-8-9-18(31)27-20(16)32/h1-7,10,16,28H,8-9,11H2,(H,27,31,32). The number of nitrogens with zero attached hydrogens (tertiary/aromatic N) is 2. The fourth-order valence-electron chi connectivity index (χ4n) is 4.08. The van der Waals surface area contributed by atoms with E-state index >= 15 is 0 Å². The number of halogens is 3. The number of piperidine rings is 1. The van der Waals surface area contributed by atoms with Crippen molar-refractivity contribution in [1.29, 1.82) is 0 Å². The third-order valence-electron chi connectivity index (χ3n) is 5.71. The van der Waals surface area contributed by atoms with E-state index in [9.17, 15) is 32.3 Å². The van der Waals surface area contributed by atoms with E-state index in [0.29, 0.717) is 11.4 Å². The molecule has 0 bridgehead atoms. The number of hydrogen-bond acceptors (Lipinski definition) is 6. The minimum atomic E-state index is -4.77. The maximum absolute atomic E-state index is 13.1. The van der Waals surface area contributed by atoms with Crippen LogP contribution in [-0.2, 0) is 16.2 Å². The van der Waals surface area contributed by atoms with E-state index in [4.69, 9.17) is 4.74 Å². The van der Waals surface area contributed by atoms with Gasteiger partial charge in [-0.25, -0.2) is 0 Å². The van der Waals surface area contributed by atoms with Gasteiger partial charge in [0.15, 0.2) is 0 Å². The molecule has 2 N–H and O–H groups in total. The zero-order valence-electron chi connectivity index (χ0n) is 18.3. The zero-order chi connectivity index (χ0) is 25.6. The summed E-state index contributed by atoms with van der Waals surface area (Å²) >= 11 is 0. The minimum absolute atomic E-state index is 0.00209. The predicted octanol–water partition coefficient (Wildman–Crippen LogP) is 2.68. The molecule has 1 aromatic heterocycles. The lowest BCUT2D eigenvalue weighted by Crippen LogP contribution is -2.54. The van der Waals surface area contributed by atoms with Crippen LogP contribution in [0.4, 0.5) is 13.2 Å². The highest BCUT2D eigenvalue weighted by Crippen LogP contribution is 2.34. The quantitative estimate of drug-likeness (QED) is 0.500. The van der Waals surface area contributed by atoms with Crippen LogP contribution < -0.4 is 14.8 Å². The van der Waals surface area contributed by atoms with Crippen LogP contribution in [0.15, 0.2) is 48.7 Å². The van der Waals surface area contributed by atoms with E-state index in [1.54, 1.807) is 16.9 Å². The summed E-state index contributed by atoms with van der Waals surface area (Å²) in [4.78, 5) is 50.5. The Kier molecular flexibility index (Phi) is 5.54. The van der Waals surface area contributed by atoms with E-state index in [2.05, 4.69) is 15.2 Å². The molecule has 0 aliphatic carbocycles. The molecular formula is C23H17F3N4O6. The van der Waals surface area contributed by atoms with Crippen molar-refractivity contribution in [1.82, 2.24) is 20.0 Å². The Hall–Kier alpha value is -4.55. The van der Waals surface area contributed by atoms with Gasteiger partial charge in [0.1, 0.15) is 24.1 Å². The van der Waals surface area contributed by atoms with Gasteiger partial charge in [0.05, 0.1) is 28.7 Å². The number of carbonyl (C=O) groups is 4. The van der Waals surface area contributed by atoms with E-state index in [0.717, 1.165) is 4.90 Å². The predicted molar refractivity (Wildman–Crippen MR) is 114 cm³/mol. The minimum Gasteiger partial charge on any atom is -0.486 e. The molecule has 1 saturated heterocycles. The third kappa shape index (κ3) is 4.30. The summed E-state index contributed by atoms with van der Waals surface area (Å²) < 4.78 is 48.0. The Morgan fingerprint density at radius 1 is 1.00 bits per heavy atom. The van der Waals surface area contributed by atoms with Crippen LogP contribution in [0.1, 0.15) is 39.3 Å². The number of aromatic nitrogens is 2. The Bertz CT molecular complexity index is 1360. The Balaban J connectivity index is 1.26. The van der Waals surface area contributed by atoms with Gasteiger partial charge in [-0.1, -0.05) is 6.07 Å². The number of imide groups is 2. The normalized spacial score (nSPS) is 17.9. The molecule has 4 amide bonds. The van der Waals surface area contributed by atoms with Gasteiger partial charge in [-0.05, 0) is 42.8 Å². The average molecular weight is 502 g/mol. The maximum Gasteiger partial charge on any atom is 0.573 e. The van der Waals surface area contributed by atoms with Crippen molar-refractivity contribution >= 4 is 23.6 Å². The molecule has 0 radical (unpaired) electrons. The van der Waals surface area contributed by atoms with Gasteiger partial charge in [-0.2, -0.15) is 0 Å². The number of hydrogen-bond donors (Lipinski definition) is 2. The van der Waals surface area contributed by atoms with Crippen molar-refractivity contribution < 1.29 is 41.8 Å². The molecular weight excluding hydrogens is 485 g/mol. The largest absolute Gasteiger partial charge is 0.573 e. The van der Waals surface area contributed by atoms with Crippen molar-refractivity contribution in [3.8, 4) is 17.2 Å². The Labute approximate surface area is 200 Å². The van der Waals surface area contributed by atoms with Gasteiger partial charge in [-0.15, -0.1) is 13.2 Å². The van der Waals surface area contributed by atoms with Crippen molar-refractivity contribution in [2.75, 3.05) is 0 Å². The summed E-state index contributed by atoms with van der Waals surface area (Å²) in [5.41, 5.74) is 1.28. The van der Waals surface area contributed by atoms with Crippen molar-refractivity contribution in [2.24, 2.45) is 0 Å². The van der Waals surface area contributed by atoms with Gasteiger partial charge in [-0.3, -0.25) is 39.2 Å². The number of nitrogens with one attached hydrogen (secondary N) is 2. The first-order valence-electron chi connectivity index (χ1n) is 10.7. The molecule has 36 heavy (non-hydrogen) atoms. The molecule has 186 valence electrons. The maximum atomic E-state index is 13.1. The molecule has 5 rings (SSSR count). The van der Waals surface area contributed by atoms with Gasteiger partial charge in [0.2, 0.25) is 11.8 Å². The molecule has 2 aliphatic rings. The number of alkyl halides is 3. The number of H-pyrrole nitrogens is 1. The van der Waals surface area contributed by atoms with Gasteiger partial charge < -0.3 is 9.47 Å². The summed E-state index contributed by atoms with van der Waals surface area (Å²) in [6, 6.07) is 8.67. The van der Waals surface area contributed by atoms with Gasteiger partial charge in [0, 0.05) is 6.42 Å². The number of amides is 4. The first kappa shape index (κ1) is 23.2. The Morgan fingerprint density at radius 3 is 2.39 bits per heavy atom. The highest BCUT2D eigenvalue weighted by molar-refractivity contribution is 6.24. The fraction of sp³-hybridized carbons (Fsp3) is 0.217. The third-order valence-corrected chi connectivity index (χ3v) is 5.71. The SMILES string of the molecule is O=C1CCC(N2C(=O)c3cccc(OCc4cn(-c5ccc(OC(F)(F)F)cc5)[nH]4)c3C2=O)C(=O)N1. The van der Waals surface area contributed by atoms with Crippen molar-refractivity contribution in [2.45, 2.75) is 31.9 Å². The Morgan fingerprint density at radius 2 is 1.72 bits per heavy atom. The lowest BCUT2D eigenvalue weighted by molar-refractivity contribution is -0.274. The van der Waals surface area contributed by atoms with Crippen molar-refractivity contribution in [3.63, 3.8) is 0 Å². The van der Waals surface area contributed by atoms with Gasteiger partial charge in [0.25, 0.3) is 11.8 Å². The molecule has 2 aromatic carbocycles. The van der Waals surface area contributed by atoms with Crippen LogP contribution >= 0.6 is 0 Å². The number of rotatable bonds is 6. The smallest absolute Gasteiger partial charge is 0.486 e. The summed E-state index contributed by atoms with van der Waals surface area (Å²) in [7, 11) is 0. The second kappa shape index (κ2) is 8.59. The molecule has 0 spiro atoms. The summed E-state index contributed by atoms with van der Waals surface area (Å²) in [6.07, 6.45) is -3.07. The molecule has 10 nitrogen and oxygen atoms in total.